The van der Waals surface area contributed by atoms with E-state index in [1.54, 1.807) is 18.9 Å². The summed E-state index contributed by atoms with van der Waals surface area (Å²) in [6.45, 7) is 8.52. The van der Waals surface area contributed by atoms with Crippen molar-refractivity contribution in [1.29, 1.82) is 0 Å². The lowest BCUT2D eigenvalue weighted by Gasteiger charge is -2.10. The van der Waals surface area contributed by atoms with Gasteiger partial charge in [0, 0.05) is 29.9 Å². The van der Waals surface area contributed by atoms with Gasteiger partial charge in [-0.2, -0.15) is 0 Å². The fraction of sp³-hybridized carbons (Fsp3) is 0.238. The van der Waals surface area contributed by atoms with E-state index in [1.165, 1.54) is 0 Å². The summed E-state index contributed by atoms with van der Waals surface area (Å²) in [6, 6.07) is 9.85. The molecule has 0 spiro atoms. The van der Waals surface area contributed by atoms with E-state index in [2.05, 4.69) is 33.7 Å². The van der Waals surface area contributed by atoms with Crippen molar-refractivity contribution in [2.75, 3.05) is 7.11 Å². The molecule has 0 fully saturated rings. The Morgan fingerprint density at radius 2 is 2.00 bits per heavy atom. The van der Waals surface area contributed by atoms with Crippen LogP contribution >= 0.6 is 11.8 Å². The zero-order chi connectivity index (χ0) is 20.4. The third-order valence-electron chi connectivity index (χ3n) is 4.54. The number of hydrogen-bond acceptors (Lipinski definition) is 6. The molecule has 0 bridgehead atoms. The van der Waals surface area contributed by atoms with E-state index in [-0.39, 0.29) is 0 Å². The highest BCUT2D eigenvalue weighted by Gasteiger charge is 2.17. The van der Waals surface area contributed by atoms with Gasteiger partial charge >= 0.3 is 0 Å². The number of aryl methyl sites for hydroxylation is 2. The molecule has 0 atom stereocenters. The van der Waals surface area contributed by atoms with Crippen molar-refractivity contribution in [3.8, 4) is 17.1 Å². The predicted molar refractivity (Wildman–Crippen MR) is 114 cm³/mol. The van der Waals surface area contributed by atoms with E-state index in [9.17, 15) is 0 Å². The highest BCUT2D eigenvalue weighted by Crippen LogP contribution is 2.31. The highest BCUT2D eigenvalue weighted by molar-refractivity contribution is 7.98. The standard InChI is InChI=1S/C21H22N6OS/c1-5-10-26-19(17-8-6-7-9-18(17)28-4)24-25-21(26)29-13-16-12-27-15(3)11-14(2)22-20(27)23-16/h5-9,11-12H,1,10,13H2,2-4H3. The minimum absolute atomic E-state index is 0.605. The van der Waals surface area contributed by atoms with Gasteiger partial charge in [0.15, 0.2) is 11.0 Å². The Morgan fingerprint density at radius 3 is 2.79 bits per heavy atom. The summed E-state index contributed by atoms with van der Waals surface area (Å²) < 4.78 is 9.54. The summed E-state index contributed by atoms with van der Waals surface area (Å²) >= 11 is 1.59. The van der Waals surface area contributed by atoms with Gasteiger partial charge in [-0.1, -0.05) is 30.0 Å². The van der Waals surface area contributed by atoms with Crippen LogP contribution in [0.4, 0.5) is 0 Å². The molecule has 3 heterocycles. The van der Waals surface area contributed by atoms with Crippen LogP contribution in [0.2, 0.25) is 0 Å². The Labute approximate surface area is 173 Å². The zero-order valence-electron chi connectivity index (χ0n) is 16.7. The van der Waals surface area contributed by atoms with Gasteiger partial charge in [0.05, 0.1) is 18.4 Å². The van der Waals surface area contributed by atoms with Crippen molar-refractivity contribution in [2.45, 2.75) is 31.3 Å². The average molecular weight is 407 g/mol. The summed E-state index contributed by atoms with van der Waals surface area (Å²) in [5.41, 5.74) is 3.93. The van der Waals surface area contributed by atoms with Gasteiger partial charge in [0.25, 0.3) is 0 Å². The van der Waals surface area contributed by atoms with E-state index < -0.39 is 0 Å². The van der Waals surface area contributed by atoms with Gasteiger partial charge in [-0.25, -0.2) is 9.97 Å². The van der Waals surface area contributed by atoms with Crippen molar-refractivity contribution in [2.24, 2.45) is 0 Å². The second kappa shape index (κ2) is 8.08. The number of hydrogen-bond donors (Lipinski definition) is 0. The lowest BCUT2D eigenvalue weighted by atomic mass is 10.2. The molecule has 3 aromatic heterocycles. The monoisotopic (exact) mass is 406 g/mol. The van der Waals surface area contributed by atoms with Crippen LogP contribution in [-0.4, -0.2) is 36.2 Å². The van der Waals surface area contributed by atoms with Gasteiger partial charge in [-0.05, 0) is 32.0 Å². The molecule has 0 N–H and O–H groups in total. The summed E-state index contributed by atoms with van der Waals surface area (Å²) in [7, 11) is 1.66. The van der Waals surface area contributed by atoms with Crippen LogP contribution in [0.5, 0.6) is 5.75 Å². The quantitative estimate of drug-likeness (QED) is 0.340. The first-order valence-corrected chi connectivity index (χ1v) is 10.2. The third-order valence-corrected chi connectivity index (χ3v) is 5.54. The molecule has 0 saturated carbocycles. The SMILES string of the molecule is C=CCn1c(SCc2cn3c(C)cc(C)nc3n2)nnc1-c1ccccc1OC. The van der Waals surface area contributed by atoms with Crippen LogP contribution in [0.15, 0.2) is 54.3 Å². The summed E-state index contributed by atoms with van der Waals surface area (Å²) in [5, 5.41) is 9.64. The number of rotatable bonds is 7. The molecule has 7 nitrogen and oxygen atoms in total. The number of nitrogens with zero attached hydrogens (tertiary/aromatic N) is 6. The molecule has 0 aliphatic rings. The average Bonchev–Trinajstić information content (AvgIpc) is 3.30. The molecule has 29 heavy (non-hydrogen) atoms. The smallest absolute Gasteiger partial charge is 0.234 e. The van der Waals surface area contributed by atoms with E-state index in [4.69, 9.17) is 4.74 Å². The van der Waals surface area contributed by atoms with Crippen molar-refractivity contribution >= 4 is 17.5 Å². The molecule has 0 aliphatic heterocycles. The lowest BCUT2D eigenvalue weighted by molar-refractivity contribution is 0.416. The lowest BCUT2D eigenvalue weighted by Crippen LogP contribution is -2.01. The number of ether oxygens (including phenoxy) is 1. The molecule has 0 aliphatic carbocycles. The number of benzene rings is 1. The Hall–Kier alpha value is -3.13. The van der Waals surface area contributed by atoms with Gasteiger partial charge in [-0.15, -0.1) is 16.8 Å². The maximum absolute atomic E-state index is 5.49. The van der Waals surface area contributed by atoms with Crippen LogP contribution in [0.1, 0.15) is 17.1 Å². The second-order valence-electron chi connectivity index (χ2n) is 6.64. The van der Waals surface area contributed by atoms with Crippen molar-refractivity contribution in [3.63, 3.8) is 0 Å². The normalized spacial score (nSPS) is 11.1. The minimum atomic E-state index is 0.605. The molecule has 4 aromatic rings. The number of aromatic nitrogens is 6. The number of para-hydroxylation sites is 1. The van der Waals surface area contributed by atoms with E-state index >= 15 is 0 Å². The van der Waals surface area contributed by atoms with Gasteiger partial charge in [-0.3, -0.25) is 8.97 Å². The maximum atomic E-state index is 5.49. The van der Waals surface area contributed by atoms with Crippen molar-refractivity contribution in [3.05, 3.63) is 66.3 Å². The molecule has 1 aromatic carbocycles. The number of fused-ring (bicyclic) bond motifs is 1. The van der Waals surface area contributed by atoms with Gasteiger partial charge in [0.1, 0.15) is 5.75 Å². The third kappa shape index (κ3) is 3.75. The van der Waals surface area contributed by atoms with Crippen molar-refractivity contribution < 1.29 is 4.74 Å². The summed E-state index contributed by atoms with van der Waals surface area (Å²) in [6.07, 6.45) is 3.87. The first-order chi connectivity index (χ1) is 14.1. The largest absolute Gasteiger partial charge is 0.496 e. The first kappa shape index (κ1) is 19.2. The Morgan fingerprint density at radius 1 is 1.17 bits per heavy atom. The molecule has 148 valence electrons. The summed E-state index contributed by atoms with van der Waals surface area (Å²) in [4.78, 5) is 9.16. The van der Waals surface area contributed by atoms with Crippen molar-refractivity contribution in [1.82, 2.24) is 29.1 Å². The van der Waals surface area contributed by atoms with Crippen LogP contribution in [0.25, 0.3) is 17.2 Å². The molecule has 0 unspecified atom stereocenters. The fourth-order valence-electron chi connectivity index (χ4n) is 3.24. The number of allylic oxidation sites excluding steroid dienone is 1. The van der Waals surface area contributed by atoms with Gasteiger partial charge in [0.2, 0.25) is 5.78 Å². The zero-order valence-corrected chi connectivity index (χ0v) is 17.5. The van der Waals surface area contributed by atoms with E-state index in [0.29, 0.717) is 12.3 Å². The van der Waals surface area contributed by atoms with Crippen LogP contribution in [-0.2, 0) is 12.3 Å². The molecule has 0 radical (unpaired) electrons. The highest BCUT2D eigenvalue weighted by atomic mass is 32.2. The van der Waals surface area contributed by atoms with E-state index in [1.807, 2.05) is 58.5 Å². The van der Waals surface area contributed by atoms with Crippen LogP contribution in [0, 0.1) is 13.8 Å². The maximum Gasteiger partial charge on any atom is 0.234 e. The molecule has 0 saturated heterocycles. The van der Waals surface area contributed by atoms with Crippen LogP contribution in [0.3, 0.4) is 0 Å². The first-order valence-electron chi connectivity index (χ1n) is 9.23. The van der Waals surface area contributed by atoms with Crippen LogP contribution < -0.4 is 4.74 Å². The van der Waals surface area contributed by atoms with Gasteiger partial charge < -0.3 is 4.74 Å². The topological polar surface area (TPSA) is 70.1 Å². The molecular weight excluding hydrogens is 384 g/mol. The molecule has 0 amide bonds. The Bertz CT molecular complexity index is 1180. The fourth-order valence-corrected chi connectivity index (χ4v) is 4.08. The summed E-state index contributed by atoms with van der Waals surface area (Å²) in [5.74, 6) is 2.91. The molecular formula is C21H22N6OS. The Kier molecular flexibility index (Phi) is 5.35. The minimum Gasteiger partial charge on any atom is -0.496 e. The van der Waals surface area contributed by atoms with E-state index in [0.717, 1.165) is 45.2 Å². The molecule has 4 rings (SSSR count). The second-order valence-corrected chi connectivity index (χ2v) is 7.58. The molecule has 8 heteroatoms. The predicted octanol–water partition coefficient (Wildman–Crippen LogP) is 4.09. The number of thioether (sulfide) groups is 1. The Balaban J connectivity index is 1.63. The number of imidazole rings is 1. The number of methoxy groups -OCH3 is 1.